The average molecular weight is 230 g/mol. The Balaban J connectivity index is 2.48. The van der Waals surface area contributed by atoms with Crippen molar-refractivity contribution in [1.82, 2.24) is 5.32 Å². The summed E-state index contributed by atoms with van der Waals surface area (Å²) in [5.74, 6) is -1.82. The zero-order valence-electron chi connectivity index (χ0n) is 10.7. The number of carbonyl (C=O) groups is 2. The van der Waals surface area contributed by atoms with Gasteiger partial charge in [0.1, 0.15) is 6.04 Å². The molecule has 5 heteroatoms. The highest BCUT2D eigenvalue weighted by molar-refractivity contribution is 5.79. The first kappa shape index (κ1) is 11.2. The molecule has 1 rings (SSSR count). The molecule has 1 saturated carbocycles. The van der Waals surface area contributed by atoms with E-state index in [2.05, 4.69) is 5.32 Å². The Kier molecular flexibility index (Phi) is 4.02. The molecule has 92 valence electrons. The van der Waals surface area contributed by atoms with Gasteiger partial charge in [0.05, 0.1) is 6.10 Å². The third-order valence-corrected chi connectivity index (χ3v) is 2.49. The summed E-state index contributed by atoms with van der Waals surface area (Å²) in [6, 6.07) is -1.04. The van der Waals surface area contributed by atoms with Crippen molar-refractivity contribution in [2.24, 2.45) is 5.89 Å². The summed E-state index contributed by atoms with van der Waals surface area (Å²) < 4.78 is 12.7. The maximum Gasteiger partial charge on any atom is 0.408 e. The number of hydrogen-bond acceptors (Lipinski definition) is 3. The van der Waals surface area contributed by atoms with E-state index >= 15 is 0 Å². The lowest BCUT2D eigenvalue weighted by molar-refractivity contribution is -0.140. The molecule has 0 unspecified atom stereocenters. The zero-order chi connectivity index (χ0) is 13.1. The van der Waals surface area contributed by atoms with Gasteiger partial charge in [-0.2, -0.15) is 0 Å². The molecule has 0 bridgehead atoms. The minimum atomic E-state index is -1.12. The molecule has 0 saturated heterocycles. The Labute approximate surface area is 96.6 Å². The van der Waals surface area contributed by atoms with Crippen molar-refractivity contribution in [3.63, 3.8) is 0 Å². The topological polar surface area (TPSA) is 75.6 Å². The number of rotatable bonds is 5. The van der Waals surface area contributed by atoms with E-state index in [1.165, 1.54) is 0 Å². The molecule has 2 N–H and O–H groups in total. The van der Waals surface area contributed by atoms with Crippen molar-refractivity contribution in [2.45, 2.75) is 51.7 Å². The molecule has 1 amide bonds. The molecule has 1 aliphatic rings. The maximum atomic E-state index is 11.3. The van der Waals surface area contributed by atoms with E-state index in [1.807, 2.05) is 0 Å². The second-order valence-electron chi connectivity index (χ2n) is 4.30. The van der Waals surface area contributed by atoms with Crippen LogP contribution < -0.4 is 5.32 Å². The first-order valence-electron chi connectivity index (χ1n) is 6.02. The quantitative estimate of drug-likeness (QED) is 0.754. The summed E-state index contributed by atoms with van der Waals surface area (Å²) in [5.41, 5.74) is 0. The van der Waals surface area contributed by atoms with Crippen LogP contribution >= 0.6 is 0 Å². The number of carbonyl (C=O) groups excluding carboxylic acids is 1. The number of amides is 1. The zero-order valence-corrected chi connectivity index (χ0v) is 9.66. The van der Waals surface area contributed by atoms with Gasteiger partial charge in [0.25, 0.3) is 0 Å². The molecule has 16 heavy (non-hydrogen) atoms. The third-order valence-electron chi connectivity index (χ3n) is 2.49. The monoisotopic (exact) mass is 230 g/mol. The first-order chi connectivity index (χ1) is 7.82. The van der Waals surface area contributed by atoms with Gasteiger partial charge < -0.3 is 15.2 Å². The summed E-state index contributed by atoms with van der Waals surface area (Å²) in [6.45, 7) is 3.38. The highest BCUT2D eigenvalue weighted by Crippen LogP contribution is 2.30. The van der Waals surface area contributed by atoms with Gasteiger partial charge in [0.15, 0.2) is 0 Å². The number of nitrogens with one attached hydrogen (secondary N) is 1. The predicted molar refractivity (Wildman–Crippen MR) is 58.1 cm³/mol. The Morgan fingerprint density at radius 3 is 2.56 bits per heavy atom. The van der Waals surface area contributed by atoms with Crippen molar-refractivity contribution in [3.8, 4) is 0 Å². The summed E-state index contributed by atoms with van der Waals surface area (Å²) in [6.07, 6.45) is 1.44. The van der Waals surface area contributed by atoms with E-state index in [4.69, 9.17) is 11.2 Å². The number of ether oxygens (including phenoxy) is 1. The minimum absolute atomic E-state index is 0.134. The van der Waals surface area contributed by atoms with Crippen LogP contribution in [-0.2, 0) is 9.53 Å². The molecule has 0 radical (unpaired) electrons. The fraction of sp³-hybridized carbons (Fsp3) is 0.818. The Hall–Kier alpha value is -1.26. The number of alkyl carbamates (subject to hydrolysis) is 1. The van der Waals surface area contributed by atoms with E-state index in [0.717, 1.165) is 6.42 Å². The van der Waals surface area contributed by atoms with Gasteiger partial charge >= 0.3 is 12.1 Å². The summed E-state index contributed by atoms with van der Waals surface area (Å²) >= 11 is 0. The largest absolute Gasteiger partial charge is 0.480 e. The van der Waals surface area contributed by atoms with Crippen molar-refractivity contribution in [2.75, 3.05) is 0 Å². The van der Waals surface area contributed by atoms with Crippen molar-refractivity contribution < 1.29 is 20.8 Å². The Morgan fingerprint density at radius 1 is 1.56 bits per heavy atom. The van der Waals surface area contributed by atoms with Crippen LogP contribution in [0.3, 0.4) is 0 Å². The van der Waals surface area contributed by atoms with E-state index < -0.39 is 24.0 Å². The predicted octanol–water partition coefficient (Wildman–Crippen LogP) is 1.76. The number of carboxylic acid groups (broad SMARTS) is 1. The normalized spacial score (nSPS) is 20.6. The lowest BCUT2D eigenvalue weighted by Gasteiger charge is -2.28. The number of hydrogen-bond donors (Lipinski definition) is 2. The van der Waals surface area contributed by atoms with Crippen molar-refractivity contribution in [3.05, 3.63) is 0 Å². The van der Waals surface area contributed by atoms with Gasteiger partial charge in [-0.1, -0.05) is 19.3 Å². The van der Waals surface area contributed by atoms with E-state index in [0.29, 0.717) is 12.8 Å². The second kappa shape index (κ2) is 5.72. The summed E-state index contributed by atoms with van der Waals surface area (Å²) in [7, 11) is 0. The van der Waals surface area contributed by atoms with E-state index in [1.54, 1.807) is 13.8 Å². The highest BCUT2D eigenvalue weighted by Gasteiger charge is 2.28. The third kappa shape index (κ3) is 4.08. The standard InChI is InChI=1S/C11H19NO4/c1-7(2)16-11(15)12-9(10(13)14)6-8-4-3-5-8/h7-9H,3-6H2,1-2H3,(H,12,15)(H,13,14)/t9-/m0/s1/i8D. The van der Waals surface area contributed by atoms with Crippen LogP contribution in [-0.4, -0.2) is 29.3 Å². The molecule has 0 heterocycles. The Morgan fingerprint density at radius 2 is 2.19 bits per heavy atom. The molecule has 0 aromatic carbocycles. The molecule has 0 aromatic rings. The van der Waals surface area contributed by atoms with Crippen LogP contribution in [0.25, 0.3) is 0 Å². The van der Waals surface area contributed by atoms with Crippen LogP contribution in [0.15, 0.2) is 0 Å². The lowest BCUT2D eigenvalue weighted by atomic mass is 9.81. The fourth-order valence-corrected chi connectivity index (χ4v) is 1.51. The van der Waals surface area contributed by atoms with Crippen LogP contribution in [0.5, 0.6) is 0 Å². The van der Waals surface area contributed by atoms with Crippen LogP contribution in [0, 0.1) is 5.89 Å². The van der Waals surface area contributed by atoms with Gasteiger partial charge in [-0.25, -0.2) is 9.59 Å². The molecule has 1 aliphatic carbocycles. The highest BCUT2D eigenvalue weighted by atomic mass is 16.6. The van der Waals surface area contributed by atoms with Crippen LogP contribution in [0.1, 0.15) is 40.9 Å². The second-order valence-corrected chi connectivity index (χ2v) is 4.30. The number of carboxylic acids is 1. The molecule has 1 fully saturated rings. The molecular weight excluding hydrogens is 210 g/mol. The minimum Gasteiger partial charge on any atom is -0.480 e. The summed E-state index contributed by atoms with van der Waals surface area (Å²) in [4.78, 5) is 22.3. The molecule has 1 atom stereocenters. The number of aliphatic carboxylic acids is 1. The van der Waals surface area contributed by atoms with Crippen molar-refractivity contribution >= 4 is 12.1 Å². The van der Waals surface area contributed by atoms with Crippen LogP contribution in [0.4, 0.5) is 4.79 Å². The summed E-state index contributed by atoms with van der Waals surface area (Å²) in [5, 5.41) is 11.3. The molecule has 0 aliphatic heterocycles. The average Bonchev–Trinajstić information content (AvgIpc) is 2.12. The van der Waals surface area contributed by atoms with Crippen molar-refractivity contribution in [1.29, 1.82) is 0 Å². The lowest BCUT2D eigenvalue weighted by Crippen LogP contribution is -2.43. The molecule has 5 nitrogen and oxygen atoms in total. The fourth-order valence-electron chi connectivity index (χ4n) is 1.51. The van der Waals surface area contributed by atoms with Gasteiger partial charge in [-0.05, 0) is 26.2 Å². The van der Waals surface area contributed by atoms with E-state index in [9.17, 15) is 9.59 Å². The maximum absolute atomic E-state index is 11.3. The van der Waals surface area contributed by atoms with E-state index in [-0.39, 0.29) is 12.5 Å². The van der Waals surface area contributed by atoms with Crippen LogP contribution in [0.2, 0.25) is 0 Å². The first-order valence-corrected chi connectivity index (χ1v) is 5.52. The Bertz CT molecular complexity index is 302. The SMILES string of the molecule is [2H]C1(C[C@H](NC(=O)OC(C)C)C(=O)O)CCC1. The van der Waals surface area contributed by atoms with Gasteiger partial charge in [-0.15, -0.1) is 0 Å². The molecule has 0 aromatic heterocycles. The molecule has 0 spiro atoms. The van der Waals surface area contributed by atoms with Gasteiger partial charge in [-0.3, -0.25) is 0 Å². The molecular formula is C11H19NO4. The smallest absolute Gasteiger partial charge is 0.408 e. The van der Waals surface area contributed by atoms with Gasteiger partial charge in [0, 0.05) is 1.37 Å². The van der Waals surface area contributed by atoms with Gasteiger partial charge in [0.2, 0.25) is 0 Å².